The van der Waals surface area contributed by atoms with E-state index in [0.717, 1.165) is 27.8 Å². The molecule has 1 fully saturated rings. The summed E-state index contributed by atoms with van der Waals surface area (Å²) in [7, 11) is -3.60. The van der Waals surface area contributed by atoms with Crippen molar-refractivity contribution in [3.63, 3.8) is 0 Å². The fourth-order valence-electron chi connectivity index (χ4n) is 4.79. The van der Waals surface area contributed by atoms with Gasteiger partial charge in [-0.05, 0) is 81.5 Å². The van der Waals surface area contributed by atoms with Crippen LogP contribution >= 0.6 is 0 Å². The first-order valence-corrected chi connectivity index (χ1v) is 12.8. The second-order valence-corrected chi connectivity index (χ2v) is 10.9. The van der Waals surface area contributed by atoms with Gasteiger partial charge in [0.1, 0.15) is 5.82 Å². The number of fused-ring (bicyclic) bond motifs is 1. The van der Waals surface area contributed by atoms with E-state index in [1.54, 1.807) is 10.4 Å². The largest absolute Gasteiger partial charge is 0.309 e. The fourth-order valence-corrected chi connectivity index (χ4v) is 6.77. The van der Waals surface area contributed by atoms with E-state index in [2.05, 4.69) is 14.9 Å². The van der Waals surface area contributed by atoms with Gasteiger partial charge in [0, 0.05) is 26.2 Å². The molecule has 0 radical (unpaired) electrons. The van der Waals surface area contributed by atoms with Crippen molar-refractivity contribution >= 4 is 20.9 Å². The van der Waals surface area contributed by atoms with E-state index < -0.39 is 10.0 Å². The summed E-state index contributed by atoms with van der Waals surface area (Å²) >= 11 is 0. The Morgan fingerprint density at radius 2 is 1.42 bits per heavy atom. The molecule has 1 unspecified atom stereocenters. The molecule has 8 heteroatoms. The number of nitrogens with one attached hydrogen (secondary N) is 1. The lowest BCUT2D eigenvalue weighted by molar-refractivity contribution is 0.141. The Morgan fingerprint density at radius 1 is 0.879 bits per heavy atom. The quantitative estimate of drug-likeness (QED) is 0.633. The minimum atomic E-state index is -3.60. The molecule has 0 spiro atoms. The third-order valence-corrected chi connectivity index (χ3v) is 9.55. The van der Waals surface area contributed by atoms with Crippen molar-refractivity contribution < 1.29 is 8.42 Å². The van der Waals surface area contributed by atoms with Crippen molar-refractivity contribution in [2.24, 2.45) is 0 Å². The topological polar surface area (TPSA) is 86.4 Å². The zero-order valence-corrected chi connectivity index (χ0v) is 21.0. The third kappa shape index (κ3) is 4.00. The second kappa shape index (κ2) is 8.66. The molecular weight excluding hydrogens is 436 g/mol. The molecule has 7 nitrogen and oxygen atoms in total. The number of rotatable bonds is 4. The molecule has 0 saturated carbocycles. The second-order valence-electron chi connectivity index (χ2n) is 9.04. The van der Waals surface area contributed by atoms with E-state index in [0.29, 0.717) is 47.8 Å². The van der Waals surface area contributed by atoms with Gasteiger partial charge in [-0.15, -0.1) is 0 Å². The van der Waals surface area contributed by atoms with Crippen LogP contribution in [0.3, 0.4) is 0 Å². The summed E-state index contributed by atoms with van der Waals surface area (Å²) in [4.78, 5) is 22.6. The van der Waals surface area contributed by atoms with E-state index in [1.165, 1.54) is 0 Å². The van der Waals surface area contributed by atoms with Gasteiger partial charge in [0.15, 0.2) is 0 Å². The predicted octanol–water partition coefficient (Wildman–Crippen LogP) is 3.53. The number of aromatic nitrogens is 2. The predicted molar refractivity (Wildman–Crippen MR) is 131 cm³/mol. The number of hydrogen-bond acceptors (Lipinski definition) is 5. The van der Waals surface area contributed by atoms with Gasteiger partial charge in [-0.25, -0.2) is 13.4 Å². The average molecular weight is 469 g/mol. The van der Waals surface area contributed by atoms with Crippen LogP contribution in [-0.4, -0.2) is 53.8 Å². The molecule has 1 saturated heterocycles. The Hall–Kier alpha value is -2.55. The maximum Gasteiger partial charge on any atom is 0.258 e. The van der Waals surface area contributed by atoms with Crippen molar-refractivity contribution in [3.8, 4) is 0 Å². The van der Waals surface area contributed by atoms with Gasteiger partial charge in [0.2, 0.25) is 10.0 Å². The van der Waals surface area contributed by atoms with Crippen LogP contribution in [0.5, 0.6) is 0 Å². The van der Waals surface area contributed by atoms with Crippen LogP contribution in [-0.2, 0) is 10.0 Å². The summed E-state index contributed by atoms with van der Waals surface area (Å²) in [6.07, 6.45) is 0. The van der Waals surface area contributed by atoms with E-state index in [9.17, 15) is 13.2 Å². The van der Waals surface area contributed by atoms with Gasteiger partial charge in [-0.3, -0.25) is 9.69 Å². The highest BCUT2D eigenvalue weighted by Gasteiger charge is 2.34. The van der Waals surface area contributed by atoms with Gasteiger partial charge in [-0.2, -0.15) is 4.31 Å². The Morgan fingerprint density at radius 3 is 2.03 bits per heavy atom. The Kier molecular flexibility index (Phi) is 6.20. The van der Waals surface area contributed by atoms with E-state index in [-0.39, 0.29) is 11.6 Å². The minimum absolute atomic E-state index is 0.125. The lowest BCUT2D eigenvalue weighted by Crippen LogP contribution is -2.49. The van der Waals surface area contributed by atoms with Crippen LogP contribution in [0.15, 0.2) is 34.0 Å². The van der Waals surface area contributed by atoms with Crippen molar-refractivity contribution in [3.05, 3.63) is 68.3 Å². The molecule has 2 heterocycles. The van der Waals surface area contributed by atoms with E-state index in [1.807, 2.05) is 59.7 Å². The third-order valence-electron chi connectivity index (χ3n) is 7.38. The zero-order chi connectivity index (χ0) is 24.1. The number of nitrogens with zero attached hydrogens (tertiary/aromatic N) is 3. The summed E-state index contributed by atoms with van der Waals surface area (Å²) in [6, 6.07) is 7.16. The van der Waals surface area contributed by atoms with Crippen LogP contribution in [0.25, 0.3) is 10.9 Å². The lowest BCUT2D eigenvalue weighted by Gasteiger charge is -2.37. The summed E-state index contributed by atoms with van der Waals surface area (Å²) in [6.45, 7) is 13.8. The Labute approximate surface area is 195 Å². The van der Waals surface area contributed by atoms with E-state index in [4.69, 9.17) is 0 Å². The van der Waals surface area contributed by atoms with Crippen molar-refractivity contribution in [1.29, 1.82) is 0 Å². The van der Waals surface area contributed by atoms with Crippen molar-refractivity contribution in [1.82, 2.24) is 19.2 Å². The smallest absolute Gasteiger partial charge is 0.258 e. The number of para-hydroxylation sites is 1. The van der Waals surface area contributed by atoms with Crippen LogP contribution in [0.2, 0.25) is 0 Å². The van der Waals surface area contributed by atoms with Crippen molar-refractivity contribution in [2.45, 2.75) is 52.5 Å². The molecule has 2 aromatic carbocycles. The maximum atomic E-state index is 13.6. The molecule has 3 aromatic rings. The maximum absolute atomic E-state index is 13.6. The van der Waals surface area contributed by atoms with Crippen LogP contribution < -0.4 is 5.56 Å². The molecule has 1 atom stereocenters. The molecule has 176 valence electrons. The molecule has 0 amide bonds. The summed E-state index contributed by atoms with van der Waals surface area (Å²) in [5, 5.41) is 0.568. The van der Waals surface area contributed by atoms with Crippen LogP contribution in [0, 0.1) is 34.6 Å². The fraction of sp³-hybridized carbons (Fsp3) is 0.440. The van der Waals surface area contributed by atoms with Gasteiger partial charge in [0.05, 0.1) is 21.8 Å². The lowest BCUT2D eigenvalue weighted by atomic mass is 9.95. The molecule has 0 bridgehead atoms. The molecule has 33 heavy (non-hydrogen) atoms. The normalized spacial score (nSPS) is 16.9. The average Bonchev–Trinajstić information content (AvgIpc) is 2.81. The molecule has 1 aliphatic heterocycles. The summed E-state index contributed by atoms with van der Waals surface area (Å²) in [5.74, 6) is 0.603. The number of aromatic amines is 1. The number of sulfonamides is 1. The first kappa shape index (κ1) is 23.6. The SMILES string of the molecule is Cc1c(C)c(C)c(S(=O)(=O)N2CCN(C(C)c3nc4ccccc4c(=O)[nH]3)CC2)c(C)c1C. The number of hydrogen-bond donors (Lipinski definition) is 1. The Bertz CT molecular complexity index is 1360. The number of benzene rings is 2. The molecule has 1 aliphatic rings. The van der Waals surface area contributed by atoms with Gasteiger partial charge in [-0.1, -0.05) is 12.1 Å². The van der Waals surface area contributed by atoms with Gasteiger partial charge in [0.25, 0.3) is 5.56 Å². The number of H-pyrrole nitrogens is 1. The first-order chi connectivity index (χ1) is 15.5. The Balaban J connectivity index is 1.57. The van der Waals surface area contributed by atoms with Crippen molar-refractivity contribution in [2.75, 3.05) is 26.2 Å². The highest BCUT2D eigenvalue weighted by molar-refractivity contribution is 7.89. The highest BCUT2D eigenvalue weighted by atomic mass is 32.2. The monoisotopic (exact) mass is 468 g/mol. The van der Waals surface area contributed by atoms with Crippen LogP contribution in [0.4, 0.5) is 0 Å². The molecule has 0 aliphatic carbocycles. The summed E-state index contributed by atoms with van der Waals surface area (Å²) in [5.41, 5.74) is 5.42. The molecule has 1 aromatic heterocycles. The highest BCUT2D eigenvalue weighted by Crippen LogP contribution is 2.32. The molecule has 1 N–H and O–H groups in total. The first-order valence-electron chi connectivity index (χ1n) is 11.3. The molecular formula is C25H32N4O3S. The molecule has 4 rings (SSSR count). The van der Waals surface area contributed by atoms with Gasteiger partial charge < -0.3 is 4.98 Å². The van der Waals surface area contributed by atoms with Crippen LogP contribution in [0.1, 0.15) is 46.6 Å². The summed E-state index contributed by atoms with van der Waals surface area (Å²) < 4.78 is 28.9. The zero-order valence-electron chi connectivity index (χ0n) is 20.2. The minimum Gasteiger partial charge on any atom is -0.309 e. The van der Waals surface area contributed by atoms with E-state index >= 15 is 0 Å². The standard InChI is InChI=1S/C25H32N4O3S/c1-15-16(2)18(4)23(19(5)17(15)3)33(31,32)29-13-11-28(12-14-29)20(6)24-26-22-10-8-7-9-21(22)25(30)27-24/h7-10,20H,11-14H2,1-6H3,(H,26,27,30). The number of piperazine rings is 1. The van der Waals surface area contributed by atoms with Gasteiger partial charge >= 0.3 is 0 Å².